The molecule has 0 aliphatic carbocycles. The van der Waals surface area contributed by atoms with Crippen LogP contribution < -0.4 is 15.4 Å². The number of nitrogens with zero attached hydrogens (tertiary/aromatic N) is 3. The molecule has 1 unspecified atom stereocenters. The van der Waals surface area contributed by atoms with Gasteiger partial charge in [0, 0.05) is 36.7 Å². The number of likely N-dealkylation sites (tertiary alicyclic amines) is 1. The van der Waals surface area contributed by atoms with E-state index in [4.69, 9.17) is 4.74 Å². The highest BCUT2D eigenvalue weighted by Gasteiger charge is 2.30. The molecule has 2 N–H and O–H groups in total. The topological polar surface area (TPSA) is 79.4 Å². The number of rotatable bonds is 10. The molecule has 1 aliphatic rings. The number of hydrogen-bond donors (Lipinski definition) is 2. The summed E-state index contributed by atoms with van der Waals surface area (Å²) in [4.78, 5) is 23.7. The van der Waals surface area contributed by atoms with Crippen molar-refractivity contribution in [1.82, 2.24) is 14.9 Å². The fourth-order valence-corrected chi connectivity index (χ4v) is 4.37. The Morgan fingerprint density at radius 1 is 1.14 bits per heavy atom. The van der Waals surface area contributed by atoms with Crippen molar-refractivity contribution in [2.24, 2.45) is 0 Å². The lowest BCUT2D eigenvalue weighted by Gasteiger charge is -2.19. The lowest BCUT2D eigenvalue weighted by molar-refractivity contribution is -0.137. The van der Waals surface area contributed by atoms with Crippen LogP contribution in [0.2, 0.25) is 0 Å². The zero-order valence-electron chi connectivity index (χ0n) is 20.6. The normalized spacial score (nSPS) is 15.9. The van der Waals surface area contributed by atoms with Gasteiger partial charge in [-0.3, -0.25) is 4.79 Å². The predicted molar refractivity (Wildman–Crippen MR) is 136 cm³/mol. The van der Waals surface area contributed by atoms with Crippen molar-refractivity contribution in [3.05, 3.63) is 77.6 Å². The molecule has 1 fully saturated rings. The van der Waals surface area contributed by atoms with E-state index < -0.39 is 17.6 Å². The maximum atomic E-state index is 13.0. The van der Waals surface area contributed by atoms with Gasteiger partial charge in [-0.1, -0.05) is 6.07 Å². The number of halogens is 3. The van der Waals surface area contributed by atoms with E-state index in [0.29, 0.717) is 30.9 Å². The summed E-state index contributed by atoms with van der Waals surface area (Å²) in [7, 11) is 2.17. The first-order chi connectivity index (χ1) is 17.8. The van der Waals surface area contributed by atoms with E-state index in [1.165, 1.54) is 31.2 Å². The lowest BCUT2D eigenvalue weighted by Crippen LogP contribution is -2.25. The minimum atomic E-state index is -4.50. The van der Waals surface area contributed by atoms with Crippen LogP contribution in [-0.4, -0.2) is 47.0 Å². The Bertz CT molecular complexity index is 1200. The Hall–Kier alpha value is -3.66. The van der Waals surface area contributed by atoms with E-state index in [-0.39, 0.29) is 11.3 Å². The maximum Gasteiger partial charge on any atom is 0.416 e. The molecule has 1 atom stereocenters. The molecule has 1 saturated heterocycles. The van der Waals surface area contributed by atoms with Crippen molar-refractivity contribution in [1.29, 1.82) is 0 Å². The van der Waals surface area contributed by atoms with Gasteiger partial charge in [0.15, 0.2) is 0 Å². The van der Waals surface area contributed by atoms with Crippen molar-refractivity contribution >= 4 is 17.4 Å². The summed E-state index contributed by atoms with van der Waals surface area (Å²) in [5, 5.41) is 5.65. The summed E-state index contributed by atoms with van der Waals surface area (Å²) in [6.45, 7) is 2.11. The Morgan fingerprint density at radius 2 is 2.00 bits per heavy atom. The first-order valence-corrected chi connectivity index (χ1v) is 12.2. The van der Waals surface area contributed by atoms with E-state index in [0.717, 1.165) is 37.1 Å². The highest BCUT2D eigenvalue weighted by Crippen LogP contribution is 2.31. The first kappa shape index (κ1) is 26.4. The summed E-state index contributed by atoms with van der Waals surface area (Å²) in [5.74, 6) is 0.274. The monoisotopic (exact) mass is 513 g/mol. The van der Waals surface area contributed by atoms with Gasteiger partial charge in [0.25, 0.3) is 5.91 Å². The quantitative estimate of drug-likeness (QED) is 0.343. The van der Waals surface area contributed by atoms with Gasteiger partial charge in [-0.15, -0.1) is 0 Å². The van der Waals surface area contributed by atoms with Crippen molar-refractivity contribution < 1.29 is 22.7 Å². The van der Waals surface area contributed by atoms with Gasteiger partial charge in [0.2, 0.25) is 5.88 Å². The third-order valence-electron chi connectivity index (χ3n) is 6.36. The number of alkyl halides is 3. The number of pyridine rings is 2. The summed E-state index contributed by atoms with van der Waals surface area (Å²) in [5.41, 5.74) is 0.305. The Kier molecular flexibility index (Phi) is 8.60. The van der Waals surface area contributed by atoms with Crippen LogP contribution in [0.15, 0.2) is 60.9 Å². The summed E-state index contributed by atoms with van der Waals surface area (Å²) < 4.78 is 44.8. The molecular formula is C27H30F3N5O2. The van der Waals surface area contributed by atoms with E-state index in [2.05, 4.69) is 32.5 Å². The molecule has 1 aromatic carbocycles. The van der Waals surface area contributed by atoms with E-state index in [1.807, 2.05) is 12.1 Å². The van der Waals surface area contributed by atoms with Gasteiger partial charge < -0.3 is 20.3 Å². The van der Waals surface area contributed by atoms with Crippen molar-refractivity contribution in [3.63, 3.8) is 0 Å². The average Bonchev–Trinajstić information content (AvgIpc) is 3.30. The molecule has 1 aliphatic heterocycles. The second-order valence-corrected chi connectivity index (χ2v) is 9.06. The number of hydrogen-bond acceptors (Lipinski definition) is 6. The second-order valence-electron chi connectivity index (χ2n) is 9.06. The molecule has 37 heavy (non-hydrogen) atoms. The number of carbonyl (C=O) groups excluding carboxylic acids is 1. The van der Waals surface area contributed by atoms with Crippen LogP contribution in [0, 0.1) is 0 Å². The van der Waals surface area contributed by atoms with Crippen molar-refractivity contribution in [2.45, 2.75) is 44.4 Å². The molecule has 0 radical (unpaired) electrons. The lowest BCUT2D eigenvalue weighted by atomic mass is 10.1. The Labute approximate surface area is 214 Å². The van der Waals surface area contributed by atoms with Crippen molar-refractivity contribution in [2.75, 3.05) is 30.8 Å². The highest BCUT2D eigenvalue weighted by atomic mass is 19.4. The summed E-state index contributed by atoms with van der Waals surface area (Å²) in [6.07, 6.45) is 3.25. The Balaban J connectivity index is 1.33. The molecule has 0 bridgehead atoms. The van der Waals surface area contributed by atoms with Gasteiger partial charge >= 0.3 is 6.18 Å². The van der Waals surface area contributed by atoms with Gasteiger partial charge in [0.1, 0.15) is 5.82 Å². The number of ether oxygens (including phenoxy) is 1. The number of nitrogens with one attached hydrogen (secondary N) is 2. The van der Waals surface area contributed by atoms with Crippen LogP contribution in [0.3, 0.4) is 0 Å². The molecule has 3 heterocycles. The summed E-state index contributed by atoms with van der Waals surface area (Å²) >= 11 is 0. The third kappa shape index (κ3) is 7.42. The zero-order valence-corrected chi connectivity index (χ0v) is 20.6. The fourth-order valence-electron chi connectivity index (χ4n) is 4.37. The average molecular weight is 514 g/mol. The third-order valence-corrected chi connectivity index (χ3v) is 6.36. The SMILES string of the molecule is CN1CCCC1CCCOc1cc(CNc2ncccc2C(=O)Nc2cccc(C(F)(F)F)c2)ccn1. The highest BCUT2D eigenvalue weighted by molar-refractivity contribution is 6.07. The minimum absolute atomic E-state index is 0.0464. The molecule has 1 amide bonds. The zero-order chi connectivity index (χ0) is 26.3. The van der Waals surface area contributed by atoms with E-state index in [9.17, 15) is 18.0 Å². The number of aromatic nitrogens is 2. The molecule has 10 heteroatoms. The largest absolute Gasteiger partial charge is 0.478 e. The molecule has 0 spiro atoms. The van der Waals surface area contributed by atoms with Gasteiger partial charge in [-0.25, -0.2) is 9.97 Å². The van der Waals surface area contributed by atoms with Crippen LogP contribution in [0.4, 0.5) is 24.7 Å². The molecule has 4 rings (SSSR count). The molecular weight excluding hydrogens is 483 g/mol. The van der Waals surface area contributed by atoms with Crippen LogP contribution in [0.5, 0.6) is 5.88 Å². The number of anilines is 2. The molecule has 0 saturated carbocycles. The van der Waals surface area contributed by atoms with Gasteiger partial charge in [-0.05, 0) is 81.2 Å². The summed E-state index contributed by atoms with van der Waals surface area (Å²) in [6, 6.07) is 11.9. The number of benzene rings is 1. The number of carbonyl (C=O) groups is 1. The Morgan fingerprint density at radius 3 is 2.78 bits per heavy atom. The predicted octanol–water partition coefficient (Wildman–Crippen LogP) is 5.61. The molecule has 2 aromatic heterocycles. The van der Waals surface area contributed by atoms with E-state index >= 15 is 0 Å². The van der Waals surface area contributed by atoms with Gasteiger partial charge in [-0.2, -0.15) is 13.2 Å². The minimum Gasteiger partial charge on any atom is -0.478 e. The first-order valence-electron chi connectivity index (χ1n) is 12.2. The van der Waals surface area contributed by atoms with Crippen LogP contribution in [0.25, 0.3) is 0 Å². The number of amides is 1. The van der Waals surface area contributed by atoms with Crippen LogP contribution in [0.1, 0.15) is 47.2 Å². The maximum absolute atomic E-state index is 13.0. The van der Waals surface area contributed by atoms with Crippen molar-refractivity contribution in [3.8, 4) is 5.88 Å². The van der Waals surface area contributed by atoms with Gasteiger partial charge in [0.05, 0.1) is 17.7 Å². The molecule has 3 aromatic rings. The standard InChI is InChI=1S/C27H30F3N5O2/c1-35-14-4-8-22(35)9-5-15-37-24-16-19(11-13-31-24)18-33-25-23(10-3-12-32-25)26(36)34-21-7-2-6-20(17-21)27(28,29)30/h2-3,6-7,10-13,16-17,22H,4-5,8-9,14-15,18H2,1H3,(H,32,33)(H,34,36). The van der Waals surface area contributed by atoms with E-state index in [1.54, 1.807) is 18.3 Å². The second kappa shape index (κ2) is 12.1. The fraction of sp³-hybridized carbons (Fsp3) is 0.370. The molecule has 7 nitrogen and oxygen atoms in total. The smallest absolute Gasteiger partial charge is 0.416 e. The van der Waals surface area contributed by atoms with Crippen LogP contribution in [-0.2, 0) is 12.7 Å². The molecule has 196 valence electrons. The van der Waals surface area contributed by atoms with Crippen LogP contribution >= 0.6 is 0 Å².